The molecule has 0 heterocycles. The summed E-state index contributed by atoms with van der Waals surface area (Å²) in [6.45, 7) is 2.62. The van der Waals surface area contributed by atoms with Gasteiger partial charge in [0.2, 0.25) is 0 Å². The number of hydrogen-bond acceptors (Lipinski definition) is 4. The van der Waals surface area contributed by atoms with Crippen molar-refractivity contribution in [3.8, 4) is 0 Å². The molecule has 1 N–H and O–H groups in total. The molecule has 0 atom stereocenters. The zero-order valence-electron chi connectivity index (χ0n) is 14.6. The Morgan fingerprint density at radius 1 is 1.09 bits per heavy atom. The van der Waals surface area contributed by atoms with Crippen molar-refractivity contribution in [2.75, 3.05) is 39.5 Å². The van der Waals surface area contributed by atoms with Gasteiger partial charge in [0.1, 0.15) is 0 Å². The second-order valence-electron chi connectivity index (χ2n) is 7.13. The highest BCUT2D eigenvalue weighted by molar-refractivity contribution is 7.85. The molecule has 0 aromatic carbocycles. The number of quaternary nitrogens is 1. The minimum Gasteiger partial charge on any atom is -0.328 e. The Labute approximate surface area is 141 Å². The first-order valence-electron chi connectivity index (χ1n) is 8.67. The molecule has 0 bridgehead atoms. The van der Waals surface area contributed by atoms with Gasteiger partial charge in [-0.3, -0.25) is 4.55 Å². The van der Waals surface area contributed by atoms with Crippen molar-refractivity contribution >= 4 is 16.1 Å². The van der Waals surface area contributed by atoms with Crippen LogP contribution in [0.1, 0.15) is 51.4 Å². The first-order chi connectivity index (χ1) is 10.8. The Hall–Kier alpha value is -0.750. The number of nitrogens with zero attached hydrogens (tertiary/aromatic N) is 3. The summed E-state index contributed by atoms with van der Waals surface area (Å²) in [5.74, 6) is -0.144. The Bertz CT molecular complexity index is 491. The fraction of sp³-hybridized carbons (Fsp3) is 0.938. The fourth-order valence-corrected chi connectivity index (χ4v) is 3.47. The molecule has 6 nitrogen and oxygen atoms in total. The SMILES string of the molecule is C[N+](C)(CCCCS(=O)(=O)O)CCCN=C=NC1CCCCC1. The van der Waals surface area contributed by atoms with E-state index in [1.807, 2.05) is 0 Å². The van der Waals surface area contributed by atoms with Gasteiger partial charge in [0.15, 0.2) is 0 Å². The summed E-state index contributed by atoms with van der Waals surface area (Å²) in [5.41, 5.74) is 0. The molecule has 0 aromatic heterocycles. The lowest BCUT2D eigenvalue weighted by atomic mass is 9.96. The van der Waals surface area contributed by atoms with Crippen LogP contribution in [0.5, 0.6) is 0 Å². The summed E-state index contributed by atoms with van der Waals surface area (Å²) in [6.07, 6.45) is 8.51. The van der Waals surface area contributed by atoms with Crippen LogP contribution < -0.4 is 0 Å². The molecule has 0 saturated heterocycles. The molecule has 0 aromatic rings. The zero-order valence-corrected chi connectivity index (χ0v) is 15.4. The number of rotatable bonds is 10. The van der Waals surface area contributed by atoms with Gasteiger partial charge < -0.3 is 4.48 Å². The molecule has 0 radical (unpaired) electrons. The Morgan fingerprint density at radius 3 is 2.39 bits per heavy atom. The van der Waals surface area contributed by atoms with Crippen LogP contribution in [0.25, 0.3) is 0 Å². The lowest BCUT2D eigenvalue weighted by Crippen LogP contribution is -2.41. The summed E-state index contributed by atoms with van der Waals surface area (Å²) in [6, 6.07) is 3.29. The van der Waals surface area contributed by atoms with Crippen molar-refractivity contribution < 1.29 is 17.5 Å². The van der Waals surface area contributed by atoms with Gasteiger partial charge in [-0.25, -0.2) is 9.98 Å². The van der Waals surface area contributed by atoms with E-state index >= 15 is 0 Å². The average molecular weight is 347 g/mol. The largest absolute Gasteiger partial charge is 0.328 e. The molecule has 1 rings (SSSR count). The third-order valence-electron chi connectivity index (χ3n) is 4.33. The van der Waals surface area contributed by atoms with Crippen LogP contribution in [0.2, 0.25) is 0 Å². The van der Waals surface area contributed by atoms with Gasteiger partial charge in [0.25, 0.3) is 10.1 Å². The second-order valence-corrected chi connectivity index (χ2v) is 8.70. The van der Waals surface area contributed by atoms with Crippen molar-refractivity contribution in [2.45, 2.75) is 57.4 Å². The second kappa shape index (κ2) is 10.2. The van der Waals surface area contributed by atoms with E-state index in [0.717, 1.165) is 37.0 Å². The lowest BCUT2D eigenvalue weighted by Gasteiger charge is -2.29. The third kappa shape index (κ3) is 11.4. The molecule has 1 fully saturated rings. The van der Waals surface area contributed by atoms with Crippen LogP contribution in [0, 0.1) is 0 Å². The molecule has 1 aliphatic rings. The Balaban J connectivity index is 2.13. The van der Waals surface area contributed by atoms with E-state index in [9.17, 15) is 8.42 Å². The quantitative estimate of drug-likeness (QED) is 0.286. The van der Waals surface area contributed by atoms with Crippen molar-refractivity contribution in [3.63, 3.8) is 0 Å². The van der Waals surface area contributed by atoms with Crippen molar-refractivity contribution in [1.29, 1.82) is 0 Å². The highest BCUT2D eigenvalue weighted by Gasteiger charge is 2.15. The maximum absolute atomic E-state index is 10.7. The van der Waals surface area contributed by atoms with Crippen LogP contribution >= 0.6 is 0 Å². The molecule has 7 heteroatoms. The molecule has 1 aliphatic carbocycles. The minimum absolute atomic E-state index is 0.144. The fourth-order valence-electron chi connectivity index (χ4n) is 2.90. The first kappa shape index (κ1) is 20.3. The highest BCUT2D eigenvalue weighted by atomic mass is 32.2. The number of unbranched alkanes of at least 4 members (excludes halogenated alkanes) is 1. The number of hydrogen-bond donors (Lipinski definition) is 1. The van der Waals surface area contributed by atoms with Crippen LogP contribution in [0.15, 0.2) is 9.98 Å². The maximum Gasteiger partial charge on any atom is 0.264 e. The van der Waals surface area contributed by atoms with Gasteiger partial charge in [0.05, 0.1) is 51.5 Å². The van der Waals surface area contributed by atoms with E-state index in [1.54, 1.807) is 0 Å². The van der Waals surface area contributed by atoms with Crippen molar-refractivity contribution in [2.24, 2.45) is 9.98 Å². The van der Waals surface area contributed by atoms with Gasteiger partial charge in [-0.2, -0.15) is 8.42 Å². The number of aliphatic imine (C=N–C) groups is 2. The summed E-state index contributed by atoms with van der Waals surface area (Å²) >= 11 is 0. The molecule has 0 aliphatic heterocycles. The predicted octanol–water partition coefficient (Wildman–Crippen LogP) is 2.63. The molecule has 0 amide bonds. The van der Waals surface area contributed by atoms with Gasteiger partial charge in [-0.1, -0.05) is 19.3 Å². The monoisotopic (exact) mass is 346 g/mol. The summed E-state index contributed by atoms with van der Waals surface area (Å²) in [4.78, 5) is 8.66. The van der Waals surface area contributed by atoms with Gasteiger partial charge >= 0.3 is 0 Å². The molecular formula is C16H32N3O3S+. The van der Waals surface area contributed by atoms with Crippen molar-refractivity contribution in [3.05, 3.63) is 0 Å². The Morgan fingerprint density at radius 2 is 1.74 bits per heavy atom. The smallest absolute Gasteiger partial charge is 0.264 e. The molecular weight excluding hydrogens is 314 g/mol. The lowest BCUT2D eigenvalue weighted by molar-refractivity contribution is -0.890. The van der Waals surface area contributed by atoms with Crippen LogP contribution in [-0.2, 0) is 10.1 Å². The first-order valence-corrected chi connectivity index (χ1v) is 10.3. The molecule has 23 heavy (non-hydrogen) atoms. The average Bonchev–Trinajstić information content (AvgIpc) is 2.47. The van der Waals surface area contributed by atoms with Crippen LogP contribution in [0.4, 0.5) is 0 Å². The van der Waals surface area contributed by atoms with Gasteiger partial charge in [-0.15, -0.1) is 0 Å². The summed E-state index contributed by atoms with van der Waals surface area (Å²) < 4.78 is 30.9. The van der Waals surface area contributed by atoms with Gasteiger partial charge in [-0.05, 0) is 25.7 Å². The maximum atomic E-state index is 10.7. The van der Waals surface area contributed by atoms with E-state index in [2.05, 4.69) is 30.1 Å². The minimum atomic E-state index is -3.82. The molecule has 0 unspecified atom stereocenters. The summed E-state index contributed by atoms with van der Waals surface area (Å²) in [7, 11) is 0.445. The predicted molar refractivity (Wildman–Crippen MR) is 93.7 cm³/mol. The van der Waals surface area contributed by atoms with E-state index < -0.39 is 10.1 Å². The highest BCUT2D eigenvalue weighted by Crippen LogP contribution is 2.19. The molecule has 1 saturated carbocycles. The topological polar surface area (TPSA) is 79.1 Å². The molecule has 134 valence electrons. The third-order valence-corrected chi connectivity index (χ3v) is 5.14. The summed E-state index contributed by atoms with van der Waals surface area (Å²) in [5, 5.41) is 0. The molecule has 0 spiro atoms. The van der Waals surface area contributed by atoms with Crippen LogP contribution in [-0.4, -0.2) is 69.0 Å². The van der Waals surface area contributed by atoms with Gasteiger partial charge in [0, 0.05) is 6.42 Å². The standard InChI is InChI=1S/C16H31N3O3S/c1-19(2,12-6-7-14-23(20,21)22)13-8-11-17-15-18-16-9-4-3-5-10-16/h16H,3-14H2,1-2H3/p+1. The van der Waals surface area contributed by atoms with Crippen molar-refractivity contribution in [1.82, 2.24) is 0 Å². The van der Waals surface area contributed by atoms with E-state index in [0.29, 0.717) is 12.5 Å². The van der Waals surface area contributed by atoms with E-state index in [-0.39, 0.29) is 5.75 Å². The van der Waals surface area contributed by atoms with Crippen LogP contribution in [0.3, 0.4) is 0 Å². The van der Waals surface area contributed by atoms with E-state index in [4.69, 9.17) is 4.55 Å². The zero-order chi connectivity index (χ0) is 17.2. The van der Waals surface area contributed by atoms with E-state index in [1.165, 1.54) is 32.1 Å². The normalized spacial score (nSPS) is 16.8. The Kier molecular flexibility index (Phi) is 8.99.